The van der Waals surface area contributed by atoms with Gasteiger partial charge in [0.15, 0.2) is 0 Å². The monoisotopic (exact) mass is 909 g/mol. The van der Waals surface area contributed by atoms with E-state index in [1.54, 1.807) is 0 Å². The van der Waals surface area contributed by atoms with Crippen molar-refractivity contribution in [3.63, 3.8) is 0 Å². The molecule has 4 aliphatic carbocycles. The third-order valence-electron chi connectivity index (χ3n) is 17.3. The second-order valence-electron chi connectivity index (χ2n) is 22.0. The summed E-state index contributed by atoms with van der Waals surface area (Å²) in [5, 5.41) is 0. The molecule has 1 nitrogen and oxygen atoms in total. The van der Waals surface area contributed by atoms with Crippen LogP contribution in [0.4, 0.5) is 17.1 Å². The summed E-state index contributed by atoms with van der Waals surface area (Å²) in [5.74, 6) is 0. The van der Waals surface area contributed by atoms with Crippen molar-refractivity contribution >= 4 is 17.1 Å². The Morgan fingerprint density at radius 3 is 1.17 bits per heavy atom. The quantitative estimate of drug-likeness (QED) is 0.161. The van der Waals surface area contributed by atoms with Gasteiger partial charge in [0.05, 0.1) is 5.41 Å². The third-order valence-corrected chi connectivity index (χ3v) is 17.3. The molecule has 14 rings (SSSR count). The van der Waals surface area contributed by atoms with Gasteiger partial charge < -0.3 is 4.90 Å². The maximum atomic E-state index is 2.58. The Labute approximate surface area is 418 Å². The van der Waals surface area contributed by atoms with E-state index in [0.29, 0.717) is 0 Å². The van der Waals surface area contributed by atoms with E-state index in [-0.39, 0.29) is 16.2 Å². The highest BCUT2D eigenvalue weighted by Gasteiger charge is 2.48. The molecule has 0 unspecified atom stereocenters. The molecule has 340 valence electrons. The molecule has 0 saturated carbocycles. The number of hydrogen-bond donors (Lipinski definition) is 0. The van der Waals surface area contributed by atoms with Crippen LogP contribution < -0.4 is 4.90 Å². The van der Waals surface area contributed by atoms with Crippen LogP contribution in [0.2, 0.25) is 0 Å². The van der Waals surface area contributed by atoms with Crippen molar-refractivity contribution in [2.24, 2.45) is 0 Å². The van der Waals surface area contributed by atoms with Crippen molar-refractivity contribution in [3.8, 4) is 55.6 Å². The zero-order valence-corrected chi connectivity index (χ0v) is 41.3. The van der Waals surface area contributed by atoms with Gasteiger partial charge in [-0.3, -0.25) is 0 Å². The number of fused-ring (bicyclic) bond motifs is 12. The minimum Gasteiger partial charge on any atom is -0.310 e. The zero-order valence-electron chi connectivity index (χ0n) is 41.3. The average molecular weight is 910 g/mol. The smallest absolute Gasteiger partial charge is 0.0714 e. The molecule has 1 heteroatoms. The van der Waals surface area contributed by atoms with Crippen LogP contribution in [0.1, 0.15) is 97.2 Å². The molecule has 0 saturated heterocycles. The number of rotatable bonds is 6. The lowest BCUT2D eigenvalue weighted by Crippen LogP contribution is -2.28. The number of hydrogen-bond acceptors (Lipinski definition) is 1. The highest BCUT2D eigenvalue weighted by Crippen LogP contribution is 2.62. The first kappa shape index (κ1) is 41.9. The molecular formula is C70H55N. The molecule has 0 aromatic heterocycles. The van der Waals surface area contributed by atoms with Crippen LogP contribution in [-0.4, -0.2) is 0 Å². The summed E-state index contributed by atoms with van der Waals surface area (Å²) < 4.78 is 0. The van der Waals surface area contributed by atoms with Crippen LogP contribution in [0.5, 0.6) is 0 Å². The first-order valence-electron chi connectivity index (χ1n) is 25.4. The molecule has 0 radical (unpaired) electrons. The Bertz CT molecular complexity index is 3790. The standard InChI is InChI=1S/C70H55N/c1-67(2)56-31-19-16-28-50(56)52-37-34-47(40-59(52)67)71(49-35-38-53-51-29-17-21-33-58(51)70(61(53)42-49,45-24-12-8-13-25-45)46-26-14-9-15-27-46)48-36-39-55-60(41-48)69(5,6)63-43-62-65(54-30-18-20-32-57(54)68(62,3)4)64(66(55)63)44-22-10-7-11-23-44/h7-43H,1-6H3. The Balaban J connectivity index is 1.03. The first-order chi connectivity index (χ1) is 34.5. The van der Waals surface area contributed by atoms with Gasteiger partial charge in [0.2, 0.25) is 0 Å². The third kappa shape index (κ3) is 5.58. The maximum absolute atomic E-state index is 2.58. The lowest BCUT2D eigenvalue weighted by Gasteiger charge is -2.35. The van der Waals surface area contributed by atoms with Crippen molar-refractivity contribution in [1.82, 2.24) is 0 Å². The lowest BCUT2D eigenvalue weighted by molar-refractivity contribution is 0.639. The second-order valence-corrected chi connectivity index (χ2v) is 22.0. The van der Waals surface area contributed by atoms with Gasteiger partial charge >= 0.3 is 0 Å². The van der Waals surface area contributed by atoms with Gasteiger partial charge in [0, 0.05) is 33.3 Å². The van der Waals surface area contributed by atoms with Crippen LogP contribution in [0, 0.1) is 0 Å². The molecule has 10 aromatic rings. The Morgan fingerprint density at radius 2 is 0.606 bits per heavy atom. The van der Waals surface area contributed by atoms with Crippen molar-refractivity contribution in [1.29, 1.82) is 0 Å². The fourth-order valence-corrected chi connectivity index (χ4v) is 13.9. The van der Waals surface area contributed by atoms with Gasteiger partial charge in [-0.1, -0.05) is 230 Å². The Hall–Kier alpha value is -8.00. The molecule has 10 aromatic carbocycles. The van der Waals surface area contributed by atoms with Gasteiger partial charge in [-0.25, -0.2) is 0 Å². The van der Waals surface area contributed by atoms with Gasteiger partial charge in [-0.15, -0.1) is 0 Å². The fraction of sp³-hybridized carbons (Fsp3) is 0.143. The van der Waals surface area contributed by atoms with E-state index in [4.69, 9.17) is 0 Å². The molecule has 4 aliphatic rings. The summed E-state index contributed by atoms with van der Waals surface area (Å²) in [6.07, 6.45) is 0. The molecule has 0 aliphatic heterocycles. The largest absolute Gasteiger partial charge is 0.310 e. The second kappa shape index (κ2) is 14.8. The zero-order chi connectivity index (χ0) is 48.0. The predicted octanol–water partition coefficient (Wildman–Crippen LogP) is 18.1. The van der Waals surface area contributed by atoms with Gasteiger partial charge in [0.25, 0.3) is 0 Å². The number of nitrogens with zero attached hydrogens (tertiary/aromatic N) is 1. The summed E-state index contributed by atoms with van der Waals surface area (Å²) in [7, 11) is 0. The van der Waals surface area contributed by atoms with Crippen molar-refractivity contribution in [3.05, 3.63) is 280 Å². The Morgan fingerprint density at radius 1 is 0.254 bits per heavy atom. The highest BCUT2D eigenvalue weighted by atomic mass is 15.1. The predicted molar refractivity (Wildman–Crippen MR) is 297 cm³/mol. The van der Waals surface area contributed by atoms with E-state index in [1.807, 2.05) is 0 Å². The van der Waals surface area contributed by atoms with Gasteiger partial charge in [-0.05, 0) is 148 Å². The summed E-state index contributed by atoms with van der Waals surface area (Å²) in [6, 6.07) is 85.2. The van der Waals surface area contributed by atoms with E-state index in [0.717, 1.165) is 17.1 Å². The minimum atomic E-state index is -0.528. The number of benzene rings is 10. The van der Waals surface area contributed by atoms with Crippen LogP contribution in [0.25, 0.3) is 55.6 Å². The van der Waals surface area contributed by atoms with Crippen LogP contribution in [0.15, 0.2) is 224 Å². The van der Waals surface area contributed by atoms with E-state index in [9.17, 15) is 0 Å². The van der Waals surface area contributed by atoms with Gasteiger partial charge in [0.1, 0.15) is 0 Å². The van der Waals surface area contributed by atoms with E-state index in [1.165, 1.54) is 111 Å². The first-order valence-corrected chi connectivity index (χ1v) is 25.4. The molecular weight excluding hydrogens is 855 g/mol. The van der Waals surface area contributed by atoms with Crippen molar-refractivity contribution < 1.29 is 0 Å². The lowest BCUT2D eigenvalue weighted by atomic mass is 9.67. The van der Waals surface area contributed by atoms with Crippen LogP contribution in [0.3, 0.4) is 0 Å². The molecule has 71 heavy (non-hydrogen) atoms. The van der Waals surface area contributed by atoms with Crippen molar-refractivity contribution in [2.75, 3.05) is 4.90 Å². The SMILES string of the molecule is CC1(C)c2ccccc2-c2ccc(N(c3ccc4c(c3)C(C)(C)c3cc5c(c(-c6ccccc6)c3-4)-c3ccccc3C5(C)C)c3ccc4c(c3)C(c3ccccc3)(c3ccccc3)c3ccccc3-4)cc21. The van der Waals surface area contributed by atoms with E-state index >= 15 is 0 Å². The maximum Gasteiger partial charge on any atom is 0.0714 e. The summed E-state index contributed by atoms with van der Waals surface area (Å²) >= 11 is 0. The topological polar surface area (TPSA) is 3.24 Å². The van der Waals surface area contributed by atoms with Crippen LogP contribution >= 0.6 is 0 Å². The Kier molecular flexibility index (Phi) is 8.72. The highest BCUT2D eigenvalue weighted by molar-refractivity contribution is 6.04. The molecule has 0 N–H and O–H groups in total. The molecule has 0 fully saturated rings. The van der Waals surface area contributed by atoms with Crippen LogP contribution in [-0.2, 0) is 21.7 Å². The molecule has 0 heterocycles. The molecule has 0 bridgehead atoms. The minimum absolute atomic E-state index is 0.139. The van der Waals surface area contributed by atoms with E-state index in [2.05, 4.69) is 271 Å². The number of anilines is 3. The average Bonchev–Trinajstić information content (AvgIpc) is 4.01. The molecule has 0 spiro atoms. The molecule has 0 amide bonds. The molecule has 0 atom stereocenters. The summed E-state index contributed by atoms with van der Waals surface area (Å²) in [4.78, 5) is 2.56. The van der Waals surface area contributed by atoms with Gasteiger partial charge in [-0.2, -0.15) is 0 Å². The van der Waals surface area contributed by atoms with E-state index < -0.39 is 5.41 Å². The summed E-state index contributed by atoms with van der Waals surface area (Å²) in [5.41, 5.74) is 29.0. The fourth-order valence-electron chi connectivity index (χ4n) is 13.9. The normalized spacial score (nSPS) is 15.9. The summed E-state index contributed by atoms with van der Waals surface area (Å²) in [6.45, 7) is 14.5. The van der Waals surface area contributed by atoms with Crippen molar-refractivity contribution in [2.45, 2.75) is 63.2 Å².